The molecule has 1 amide bonds. The number of aromatic nitrogens is 1. The summed E-state index contributed by atoms with van der Waals surface area (Å²) in [5, 5.41) is 0.541. The molecule has 3 rings (SSSR count). The van der Waals surface area contributed by atoms with Gasteiger partial charge >= 0.3 is 0 Å². The third kappa shape index (κ3) is 6.60. The van der Waals surface area contributed by atoms with E-state index in [0.717, 1.165) is 17.7 Å². The molecule has 0 saturated heterocycles. The summed E-state index contributed by atoms with van der Waals surface area (Å²) in [5.41, 5.74) is 1.06. The summed E-state index contributed by atoms with van der Waals surface area (Å²) in [6, 6.07) is 9.60. The van der Waals surface area contributed by atoms with Crippen molar-refractivity contribution >= 4 is 42.6 Å². The fraction of sp³-hybridized carbons (Fsp3) is 0.333. The Labute approximate surface area is 228 Å². The van der Waals surface area contributed by atoms with Gasteiger partial charge in [-0.2, -0.15) is 4.31 Å². The molecule has 2 aromatic carbocycles. The van der Waals surface area contributed by atoms with Gasteiger partial charge in [0.25, 0.3) is 5.91 Å². The van der Waals surface area contributed by atoms with E-state index in [1.54, 1.807) is 25.2 Å². The van der Waals surface area contributed by atoms with E-state index in [9.17, 15) is 13.2 Å². The number of thiazole rings is 1. The lowest BCUT2D eigenvalue weighted by Crippen LogP contribution is -2.33. The molecule has 38 heavy (non-hydrogen) atoms. The smallest absolute Gasteiger partial charge is 0.260 e. The Morgan fingerprint density at radius 2 is 1.61 bits per heavy atom. The Bertz CT molecular complexity index is 1330. The van der Waals surface area contributed by atoms with E-state index in [1.807, 2.05) is 20.2 Å². The van der Waals surface area contributed by atoms with Gasteiger partial charge in [0.2, 0.25) is 10.0 Å². The van der Waals surface area contributed by atoms with Crippen molar-refractivity contribution in [3.63, 3.8) is 0 Å². The lowest BCUT2D eigenvalue weighted by Gasteiger charge is -2.22. The second-order valence-electron chi connectivity index (χ2n) is 8.71. The molecule has 0 N–H and O–H groups in total. The van der Waals surface area contributed by atoms with E-state index < -0.39 is 10.0 Å². The number of benzene rings is 2. The number of nitrogens with zero attached hydrogens (tertiary/aromatic N) is 4. The number of rotatable bonds is 14. The third-order valence-electron chi connectivity index (χ3n) is 5.75. The van der Waals surface area contributed by atoms with Crippen molar-refractivity contribution < 1.29 is 22.7 Å². The van der Waals surface area contributed by atoms with Gasteiger partial charge in [-0.3, -0.25) is 9.69 Å². The van der Waals surface area contributed by atoms with Crippen LogP contribution in [0.1, 0.15) is 16.8 Å². The molecule has 0 aliphatic rings. The van der Waals surface area contributed by atoms with Crippen molar-refractivity contribution in [1.29, 1.82) is 0 Å². The van der Waals surface area contributed by atoms with Crippen LogP contribution in [0.15, 0.2) is 66.6 Å². The number of carbonyl (C=O) groups excluding carboxylic acids is 1. The van der Waals surface area contributed by atoms with Crippen LogP contribution in [0.3, 0.4) is 0 Å². The van der Waals surface area contributed by atoms with Crippen LogP contribution >= 0.6 is 11.3 Å². The van der Waals surface area contributed by atoms with Crippen molar-refractivity contribution in [2.45, 2.75) is 11.3 Å². The predicted octanol–water partition coefficient (Wildman–Crippen LogP) is 4.27. The SMILES string of the molecule is C=CCN(CC=C)S(=O)(=O)c1ccc(C(=O)N(CCCN(C)C)c2nc3cc(OC)c(OC)cc3s2)cc1. The molecule has 1 heterocycles. The summed E-state index contributed by atoms with van der Waals surface area (Å²) in [4.78, 5) is 22.2. The molecule has 204 valence electrons. The molecule has 0 aliphatic carbocycles. The van der Waals surface area contributed by atoms with Gasteiger partial charge in [0.15, 0.2) is 16.6 Å². The standard InChI is InChI=1S/C27H34N4O5S2/c1-7-14-30(15-8-2)38(33,34)21-12-10-20(11-13-21)26(32)31(17-9-16-29(3)4)27-28-22-18-23(35-5)24(36-6)19-25(22)37-27/h7-8,10-13,18-19H,1-2,9,14-17H2,3-6H3. The number of anilines is 1. The van der Waals surface area contributed by atoms with Gasteiger partial charge in [-0.25, -0.2) is 13.4 Å². The average Bonchev–Trinajstić information content (AvgIpc) is 3.32. The number of methoxy groups -OCH3 is 2. The minimum absolute atomic E-state index is 0.0936. The van der Waals surface area contributed by atoms with E-state index in [-0.39, 0.29) is 23.9 Å². The summed E-state index contributed by atoms with van der Waals surface area (Å²) in [6.45, 7) is 8.81. The first-order chi connectivity index (χ1) is 18.2. The lowest BCUT2D eigenvalue weighted by molar-refractivity contribution is 0.0986. The first-order valence-electron chi connectivity index (χ1n) is 12.0. The van der Waals surface area contributed by atoms with Crippen molar-refractivity contribution in [1.82, 2.24) is 14.2 Å². The van der Waals surface area contributed by atoms with E-state index in [4.69, 9.17) is 14.5 Å². The zero-order chi connectivity index (χ0) is 27.9. The maximum Gasteiger partial charge on any atom is 0.260 e. The minimum atomic E-state index is -3.77. The molecule has 0 bridgehead atoms. The van der Waals surface area contributed by atoms with Crippen molar-refractivity contribution in [2.24, 2.45) is 0 Å². The van der Waals surface area contributed by atoms with Crippen LogP contribution in [0.5, 0.6) is 11.5 Å². The van der Waals surface area contributed by atoms with Crippen LogP contribution < -0.4 is 14.4 Å². The molecule has 0 aliphatic heterocycles. The Hall–Kier alpha value is -3.25. The monoisotopic (exact) mass is 558 g/mol. The second kappa shape index (κ2) is 13.0. The molecule has 0 saturated carbocycles. The van der Waals surface area contributed by atoms with Crippen LogP contribution in [-0.4, -0.2) is 83.0 Å². The molecule has 11 heteroatoms. The van der Waals surface area contributed by atoms with Crippen molar-refractivity contribution in [2.75, 3.05) is 59.4 Å². The van der Waals surface area contributed by atoms with Gasteiger partial charge in [-0.15, -0.1) is 13.2 Å². The van der Waals surface area contributed by atoms with Gasteiger partial charge in [-0.1, -0.05) is 23.5 Å². The maximum atomic E-state index is 13.7. The van der Waals surface area contributed by atoms with Crippen molar-refractivity contribution in [3.05, 3.63) is 67.3 Å². The zero-order valence-electron chi connectivity index (χ0n) is 22.2. The fourth-order valence-electron chi connectivity index (χ4n) is 3.82. The summed E-state index contributed by atoms with van der Waals surface area (Å²) in [7, 11) is 3.31. The first-order valence-corrected chi connectivity index (χ1v) is 14.2. The highest BCUT2D eigenvalue weighted by Crippen LogP contribution is 2.37. The molecule has 0 radical (unpaired) electrons. The van der Waals surface area contributed by atoms with Gasteiger partial charge in [0.05, 0.1) is 29.3 Å². The zero-order valence-corrected chi connectivity index (χ0v) is 23.8. The summed E-state index contributed by atoms with van der Waals surface area (Å²) < 4.78 is 39.0. The average molecular weight is 559 g/mol. The van der Waals surface area contributed by atoms with Gasteiger partial charge in [0, 0.05) is 37.3 Å². The Morgan fingerprint density at radius 1 is 1.00 bits per heavy atom. The van der Waals surface area contributed by atoms with Crippen LogP contribution in [0.2, 0.25) is 0 Å². The quantitative estimate of drug-likeness (QED) is 0.273. The number of hydrogen-bond acceptors (Lipinski definition) is 8. The minimum Gasteiger partial charge on any atom is -0.493 e. The van der Waals surface area contributed by atoms with Crippen LogP contribution in [0, 0.1) is 0 Å². The number of ether oxygens (including phenoxy) is 2. The molecular formula is C27H34N4O5S2. The molecule has 0 fully saturated rings. The van der Waals surface area contributed by atoms with Crippen molar-refractivity contribution in [3.8, 4) is 11.5 Å². The molecule has 0 spiro atoms. The van der Waals surface area contributed by atoms with Crippen LogP contribution in [0.4, 0.5) is 5.13 Å². The molecule has 0 unspecified atom stereocenters. The Kier molecular flexibility index (Phi) is 10.0. The van der Waals surface area contributed by atoms with Crippen LogP contribution in [-0.2, 0) is 10.0 Å². The Morgan fingerprint density at radius 3 is 2.16 bits per heavy atom. The largest absolute Gasteiger partial charge is 0.493 e. The second-order valence-corrected chi connectivity index (χ2v) is 11.7. The summed E-state index contributed by atoms with van der Waals surface area (Å²) in [5.74, 6) is 0.875. The normalized spacial score (nSPS) is 11.6. The third-order valence-corrected chi connectivity index (χ3v) is 8.64. The fourth-order valence-corrected chi connectivity index (χ4v) is 6.20. The van der Waals surface area contributed by atoms with E-state index in [1.165, 1.54) is 52.1 Å². The van der Waals surface area contributed by atoms with E-state index >= 15 is 0 Å². The number of carbonyl (C=O) groups is 1. The van der Waals surface area contributed by atoms with Gasteiger partial charge in [0.1, 0.15) is 0 Å². The van der Waals surface area contributed by atoms with E-state index in [2.05, 4.69) is 18.1 Å². The van der Waals surface area contributed by atoms with Gasteiger partial charge < -0.3 is 14.4 Å². The number of amides is 1. The Balaban J connectivity index is 1.96. The highest BCUT2D eigenvalue weighted by atomic mass is 32.2. The number of hydrogen-bond donors (Lipinski definition) is 0. The number of sulfonamides is 1. The highest BCUT2D eigenvalue weighted by molar-refractivity contribution is 7.89. The summed E-state index contributed by atoms with van der Waals surface area (Å²) in [6.07, 6.45) is 3.77. The maximum absolute atomic E-state index is 13.7. The lowest BCUT2D eigenvalue weighted by atomic mass is 10.2. The molecule has 0 atom stereocenters. The topological polar surface area (TPSA) is 92.3 Å². The number of fused-ring (bicyclic) bond motifs is 1. The molecule has 1 aromatic heterocycles. The summed E-state index contributed by atoms with van der Waals surface area (Å²) >= 11 is 1.38. The first kappa shape index (κ1) is 29.3. The predicted molar refractivity (Wildman–Crippen MR) is 153 cm³/mol. The highest BCUT2D eigenvalue weighted by Gasteiger charge is 2.25. The van der Waals surface area contributed by atoms with Gasteiger partial charge in [-0.05, 0) is 51.3 Å². The van der Waals surface area contributed by atoms with E-state index in [0.29, 0.717) is 34.3 Å². The molecule has 3 aromatic rings. The molecular weight excluding hydrogens is 524 g/mol. The molecule has 9 nitrogen and oxygen atoms in total. The van der Waals surface area contributed by atoms with Crippen LogP contribution in [0.25, 0.3) is 10.2 Å².